The van der Waals surface area contributed by atoms with Crippen LogP contribution in [0.3, 0.4) is 0 Å². The van der Waals surface area contributed by atoms with E-state index in [9.17, 15) is 19.6 Å². The Morgan fingerprint density at radius 3 is 2.45 bits per heavy atom. The quantitative estimate of drug-likeness (QED) is 0.476. The molecular formula is C33H40FN5O4S. The van der Waals surface area contributed by atoms with Crippen LogP contribution < -0.4 is 5.32 Å². The van der Waals surface area contributed by atoms with Crippen LogP contribution in [0.25, 0.3) is 11.1 Å². The summed E-state index contributed by atoms with van der Waals surface area (Å²) in [6, 6.07) is 7.70. The molecule has 6 rings (SSSR count). The van der Waals surface area contributed by atoms with Crippen LogP contribution in [0.4, 0.5) is 9.18 Å². The van der Waals surface area contributed by atoms with E-state index in [2.05, 4.69) is 16.3 Å². The maximum absolute atomic E-state index is 15.3. The van der Waals surface area contributed by atoms with E-state index in [0.29, 0.717) is 22.0 Å². The highest BCUT2D eigenvalue weighted by atomic mass is 32.1. The first kappa shape index (κ1) is 30.5. The molecule has 0 radical (unpaired) electrons. The third-order valence-electron chi connectivity index (χ3n) is 9.22. The molecule has 44 heavy (non-hydrogen) atoms. The summed E-state index contributed by atoms with van der Waals surface area (Å²) in [4.78, 5) is 46.0. The van der Waals surface area contributed by atoms with Gasteiger partial charge in [-0.2, -0.15) is 5.26 Å². The Labute approximate surface area is 261 Å². The maximum Gasteiger partial charge on any atom is 0.411 e. The predicted molar refractivity (Wildman–Crippen MR) is 164 cm³/mol. The van der Waals surface area contributed by atoms with Gasteiger partial charge in [0.05, 0.1) is 10.9 Å². The van der Waals surface area contributed by atoms with Gasteiger partial charge in [-0.15, -0.1) is 11.3 Å². The fourth-order valence-electron chi connectivity index (χ4n) is 6.89. The molecule has 2 saturated heterocycles. The monoisotopic (exact) mass is 621 g/mol. The number of hydrogen-bond acceptors (Lipinski definition) is 7. The fraction of sp³-hybridized carbons (Fsp3) is 0.576. The zero-order chi connectivity index (χ0) is 31.2. The number of thiophene rings is 1. The smallest absolute Gasteiger partial charge is 0.411 e. The van der Waals surface area contributed by atoms with Crippen molar-refractivity contribution in [3.8, 4) is 17.2 Å². The average molecular weight is 622 g/mol. The molecule has 4 fully saturated rings. The number of carbonyl (C=O) groups excluding carboxylic acids is 3. The lowest BCUT2D eigenvalue weighted by atomic mass is 9.97. The molecule has 2 bridgehead atoms. The van der Waals surface area contributed by atoms with Gasteiger partial charge >= 0.3 is 6.09 Å². The molecule has 11 heteroatoms. The number of nitrogens with zero attached hydrogens (tertiary/aromatic N) is 4. The van der Waals surface area contributed by atoms with Gasteiger partial charge in [-0.05, 0) is 93.0 Å². The van der Waals surface area contributed by atoms with E-state index in [-0.39, 0.29) is 24.3 Å². The van der Waals surface area contributed by atoms with Crippen LogP contribution in [-0.2, 0) is 16.0 Å². The molecule has 2 aliphatic carbocycles. The minimum Gasteiger partial charge on any atom is -0.444 e. The number of carbonyl (C=O) groups is 3. The number of ether oxygens (including phenoxy) is 1. The summed E-state index contributed by atoms with van der Waals surface area (Å²) >= 11 is 1.36. The van der Waals surface area contributed by atoms with Gasteiger partial charge in [0.25, 0.3) is 5.91 Å². The van der Waals surface area contributed by atoms with Gasteiger partial charge in [0, 0.05) is 44.7 Å². The number of hydrogen-bond donors (Lipinski definition) is 1. The highest BCUT2D eigenvalue weighted by molar-refractivity contribution is 7.12. The van der Waals surface area contributed by atoms with Gasteiger partial charge in [-0.25, -0.2) is 9.18 Å². The Morgan fingerprint density at radius 2 is 1.80 bits per heavy atom. The third kappa shape index (κ3) is 6.47. The van der Waals surface area contributed by atoms with Crippen molar-refractivity contribution in [1.29, 1.82) is 5.26 Å². The molecule has 3 heterocycles. The van der Waals surface area contributed by atoms with Crippen molar-refractivity contribution < 1.29 is 23.5 Å². The van der Waals surface area contributed by atoms with Crippen molar-refractivity contribution in [2.24, 2.45) is 5.92 Å². The van der Waals surface area contributed by atoms with Crippen LogP contribution in [0, 0.1) is 23.1 Å². The van der Waals surface area contributed by atoms with Gasteiger partial charge in [-0.3, -0.25) is 19.4 Å². The molecule has 1 aromatic carbocycles. The van der Waals surface area contributed by atoms with E-state index >= 15 is 4.39 Å². The number of amides is 3. The van der Waals surface area contributed by atoms with Gasteiger partial charge < -0.3 is 15.0 Å². The van der Waals surface area contributed by atoms with E-state index in [1.54, 1.807) is 32.9 Å². The summed E-state index contributed by atoms with van der Waals surface area (Å²) in [5.41, 5.74) is 1.03. The molecular weight excluding hydrogens is 581 g/mol. The summed E-state index contributed by atoms with van der Waals surface area (Å²) in [6.07, 6.45) is 4.39. The number of nitrogens with one attached hydrogen (secondary N) is 1. The van der Waals surface area contributed by atoms with Crippen molar-refractivity contribution >= 4 is 29.2 Å². The summed E-state index contributed by atoms with van der Waals surface area (Å²) < 4.78 is 20.9. The zero-order valence-electron chi connectivity index (χ0n) is 25.6. The number of halogens is 1. The molecule has 4 atom stereocenters. The fourth-order valence-corrected chi connectivity index (χ4v) is 7.77. The van der Waals surface area contributed by atoms with Crippen LogP contribution in [0.5, 0.6) is 0 Å². The Hall–Kier alpha value is -3.49. The molecule has 2 aliphatic heterocycles. The van der Waals surface area contributed by atoms with Crippen molar-refractivity contribution in [3.63, 3.8) is 0 Å². The molecule has 1 N–H and O–H groups in total. The lowest BCUT2D eigenvalue weighted by Crippen LogP contribution is -2.55. The van der Waals surface area contributed by atoms with Crippen LogP contribution in [-0.4, -0.2) is 88.6 Å². The zero-order valence-corrected chi connectivity index (χ0v) is 26.4. The molecule has 0 unspecified atom stereocenters. The number of rotatable bonds is 7. The molecule has 234 valence electrons. The van der Waals surface area contributed by atoms with Crippen LogP contribution >= 0.6 is 11.3 Å². The number of piperazine rings is 1. The summed E-state index contributed by atoms with van der Waals surface area (Å²) in [5.74, 6) is -0.863. The second-order valence-corrected chi connectivity index (χ2v) is 14.4. The van der Waals surface area contributed by atoms with Crippen LogP contribution in [0.15, 0.2) is 29.6 Å². The molecule has 2 saturated carbocycles. The standard InChI is InChI=1S/C33H40FN5O4S/c1-33(2,3)43-32(42)39-26-7-6-22(15-26)29(39)30(40)36-24(18-35)14-21-5-4-20(16-27(21)34)23-17-28(44-19-23)31(41)38-12-10-37(11-13-38)25-8-9-25/h4-5,16-17,19,22,24-26,29H,6-15H2,1-3H3,(H,36,40)/t22-,24-,26+,29-/m0/s1. The largest absolute Gasteiger partial charge is 0.444 e. The number of piperidine rings is 1. The first-order valence-corrected chi connectivity index (χ1v) is 16.5. The van der Waals surface area contributed by atoms with E-state index in [1.165, 1.54) is 35.1 Å². The van der Waals surface area contributed by atoms with Crippen molar-refractivity contribution in [3.05, 3.63) is 45.9 Å². The highest BCUT2D eigenvalue weighted by Crippen LogP contribution is 2.43. The van der Waals surface area contributed by atoms with E-state index in [1.807, 2.05) is 16.3 Å². The predicted octanol–water partition coefficient (Wildman–Crippen LogP) is 4.81. The van der Waals surface area contributed by atoms with E-state index in [0.717, 1.165) is 51.0 Å². The van der Waals surface area contributed by atoms with E-state index < -0.39 is 35.5 Å². The Bertz CT molecular complexity index is 1470. The van der Waals surface area contributed by atoms with Crippen LogP contribution in [0.2, 0.25) is 0 Å². The van der Waals surface area contributed by atoms with E-state index in [4.69, 9.17) is 4.74 Å². The minimum absolute atomic E-state index is 0.0117. The normalized spacial score (nSPS) is 24.2. The molecule has 4 aliphatic rings. The summed E-state index contributed by atoms with van der Waals surface area (Å²) in [5, 5.41) is 14.5. The van der Waals surface area contributed by atoms with Crippen LogP contribution in [0.1, 0.15) is 68.1 Å². The molecule has 2 aromatic rings. The van der Waals surface area contributed by atoms with Gasteiger partial charge in [0.1, 0.15) is 23.5 Å². The Balaban J connectivity index is 1.08. The van der Waals surface area contributed by atoms with Crippen molar-refractivity contribution in [2.75, 3.05) is 26.2 Å². The van der Waals surface area contributed by atoms with Gasteiger partial charge in [-0.1, -0.05) is 12.1 Å². The second-order valence-electron chi connectivity index (χ2n) is 13.5. The summed E-state index contributed by atoms with van der Waals surface area (Å²) in [6.45, 7) is 8.63. The lowest BCUT2D eigenvalue weighted by Gasteiger charge is -2.35. The molecule has 0 spiro atoms. The Morgan fingerprint density at radius 1 is 1.07 bits per heavy atom. The van der Waals surface area contributed by atoms with Crippen molar-refractivity contribution in [1.82, 2.24) is 20.0 Å². The SMILES string of the molecule is CC(C)(C)OC(=O)N1[C@@H]2CC[C@@H](C2)[C@H]1C(=O)N[C@H](C#N)Cc1ccc(-c2csc(C(=O)N3CCN(C4CC4)CC3)c2)cc1F. The average Bonchev–Trinajstić information content (AvgIpc) is 3.37. The molecule has 9 nitrogen and oxygen atoms in total. The molecule has 1 aromatic heterocycles. The lowest BCUT2D eigenvalue weighted by molar-refractivity contribution is -0.128. The first-order chi connectivity index (χ1) is 21.0. The maximum atomic E-state index is 15.3. The Kier molecular flexibility index (Phi) is 8.42. The number of benzene rings is 1. The number of fused-ring (bicyclic) bond motifs is 2. The molecule has 3 amide bonds. The first-order valence-electron chi connectivity index (χ1n) is 15.6. The summed E-state index contributed by atoms with van der Waals surface area (Å²) in [7, 11) is 0. The minimum atomic E-state index is -0.965. The van der Waals surface area contributed by atoms with Crippen molar-refractivity contribution in [2.45, 2.75) is 89.1 Å². The number of likely N-dealkylation sites (tertiary alicyclic amines) is 1. The van der Waals surface area contributed by atoms with Gasteiger partial charge in [0.2, 0.25) is 5.91 Å². The number of nitriles is 1. The third-order valence-corrected chi connectivity index (χ3v) is 10.1. The van der Waals surface area contributed by atoms with Gasteiger partial charge in [0.15, 0.2) is 0 Å². The highest BCUT2D eigenvalue weighted by Gasteiger charge is 2.52. The topological polar surface area (TPSA) is 106 Å². The second kappa shape index (κ2) is 12.1.